The highest BCUT2D eigenvalue weighted by Crippen LogP contribution is 2.15. The number of rotatable bonds is 4. The molecule has 1 aliphatic heterocycles. The van der Waals surface area contributed by atoms with E-state index < -0.39 is 16.9 Å². The first-order valence-electron chi connectivity index (χ1n) is 6.61. The smallest absolute Gasteiger partial charge is 0.273 e. The molecule has 0 amide bonds. The van der Waals surface area contributed by atoms with Crippen molar-refractivity contribution in [2.75, 3.05) is 7.11 Å². The Morgan fingerprint density at radius 1 is 1.00 bits per heavy atom. The van der Waals surface area contributed by atoms with Gasteiger partial charge in [0, 0.05) is 6.04 Å². The van der Waals surface area contributed by atoms with Gasteiger partial charge in [0.25, 0.3) is 8.56 Å². The Morgan fingerprint density at radius 2 is 1.75 bits per heavy atom. The van der Waals surface area contributed by atoms with E-state index in [1.54, 1.807) is 7.11 Å². The van der Waals surface area contributed by atoms with E-state index in [1.807, 2.05) is 18.4 Å². The van der Waals surface area contributed by atoms with Crippen molar-refractivity contribution in [3.8, 4) is 5.75 Å². The standard InChI is InChI=1S/C16H16O2Si2/c1-17-15-9-7-14(8-10-15)13-20-18-11-12-19(20)16-5-3-2-4-6-16/h2-12H,13H2,1H3. The van der Waals surface area contributed by atoms with Gasteiger partial charge < -0.3 is 9.16 Å². The molecule has 0 spiro atoms. The van der Waals surface area contributed by atoms with Gasteiger partial charge in [-0.15, -0.1) is 0 Å². The Hall–Kier alpha value is -1.79. The van der Waals surface area contributed by atoms with Gasteiger partial charge in [-0.05, 0) is 17.7 Å². The molecule has 2 nitrogen and oxygen atoms in total. The molecule has 100 valence electrons. The second-order valence-corrected chi connectivity index (χ2v) is 11.1. The monoisotopic (exact) mass is 296 g/mol. The SMILES string of the molecule is COc1ccc(C[Si]2OC=C[Si]2c2ccccc2)cc1. The minimum absolute atomic E-state index is 0.673. The van der Waals surface area contributed by atoms with Crippen molar-refractivity contribution in [2.24, 2.45) is 0 Å². The molecule has 4 heteroatoms. The number of hydrogen-bond acceptors (Lipinski definition) is 2. The summed E-state index contributed by atoms with van der Waals surface area (Å²) in [6, 6.07) is 20.1. The van der Waals surface area contributed by atoms with Gasteiger partial charge in [-0.3, -0.25) is 0 Å². The molecule has 1 heterocycles. The molecule has 0 saturated carbocycles. The first-order valence-corrected chi connectivity index (χ1v) is 10.8. The fourth-order valence-corrected chi connectivity index (χ4v) is 9.11. The van der Waals surface area contributed by atoms with E-state index in [-0.39, 0.29) is 0 Å². The van der Waals surface area contributed by atoms with Crippen LogP contribution in [0.2, 0.25) is 0 Å². The van der Waals surface area contributed by atoms with Crippen LogP contribution in [0.3, 0.4) is 0 Å². The molecule has 20 heavy (non-hydrogen) atoms. The fourth-order valence-electron chi connectivity index (χ4n) is 2.28. The molecule has 0 N–H and O–H groups in total. The van der Waals surface area contributed by atoms with Crippen LogP contribution in [0.1, 0.15) is 5.56 Å². The Kier molecular flexibility index (Phi) is 4.04. The summed E-state index contributed by atoms with van der Waals surface area (Å²) < 4.78 is 11.1. The Balaban J connectivity index is 1.73. The molecule has 0 atom stereocenters. The minimum atomic E-state index is -0.824. The third-order valence-corrected chi connectivity index (χ3v) is 10.6. The fraction of sp³-hybridized carbons (Fsp3) is 0.125. The van der Waals surface area contributed by atoms with Gasteiger partial charge in [-0.1, -0.05) is 53.4 Å². The van der Waals surface area contributed by atoms with Gasteiger partial charge >= 0.3 is 0 Å². The average molecular weight is 296 g/mol. The quantitative estimate of drug-likeness (QED) is 0.806. The molecular weight excluding hydrogens is 280 g/mol. The van der Waals surface area contributed by atoms with Gasteiger partial charge in [-0.2, -0.15) is 0 Å². The van der Waals surface area contributed by atoms with Crippen LogP contribution in [-0.2, 0) is 10.5 Å². The highest BCUT2D eigenvalue weighted by atomic mass is 29.2. The number of ether oxygens (including phenoxy) is 1. The van der Waals surface area contributed by atoms with Crippen LogP contribution in [0.15, 0.2) is 66.6 Å². The molecule has 0 fully saturated rings. The summed E-state index contributed by atoms with van der Waals surface area (Å²) in [4.78, 5) is 0. The van der Waals surface area contributed by atoms with Gasteiger partial charge in [0.2, 0.25) is 0 Å². The van der Waals surface area contributed by atoms with Crippen LogP contribution in [0, 0.1) is 0 Å². The van der Waals surface area contributed by atoms with Crippen LogP contribution in [-0.4, -0.2) is 24.0 Å². The van der Waals surface area contributed by atoms with E-state index in [1.165, 1.54) is 10.8 Å². The summed E-state index contributed by atoms with van der Waals surface area (Å²) >= 11 is 0. The summed E-state index contributed by atoms with van der Waals surface area (Å²) in [5.41, 5.74) is 3.62. The van der Waals surface area contributed by atoms with Gasteiger partial charge in [-0.25, -0.2) is 0 Å². The summed E-state index contributed by atoms with van der Waals surface area (Å²) in [7, 11) is 0.199. The van der Waals surface area contributed by atoms with Crippen LogP contribution < -0.4 is 9.92 Å². The van der Waals surface area contributed by atoms with Gasteiger partial charge in [0.15, 0.2) is 8.31 Å². The van der Waals surface area contributed by atoms with Crippen LogP contribution in [0.4, 0.5) is 0 Å². The second-order valence-electron chi connectivity index (χ2n) is 4.65. The Labute approximate surface area is 122 Å². The predicted octanol–water partition coefficient (Wildman–Crippen LogP) is 2.33. The van der Waals surface area contributed by atoms with Crippen LogP contribution >= 0.6 is 0 Å². The lowest BCUT2D eigenvalue weighted by Crippen LogP contribution is -2.44. The molecule has 0 aromatic heterocycles. The summed E-state index contributed by atoms with van der Waals surface area (Å²) in [5, 5.41) is 1.45. The zero-order valence-corrected chi connectivity index (χ0v) is 13.4. The van der Waals surface area contributed by atoms with Crippen molar-refractivity contribution in [1.29, 1.82) is 0 Å². The van der Waals surface area contributed by atoms with E-state index in [2.05, 4.69) is 48.2 Å². The molecule has 0 aliphatic carbocycles. The van der Waals surface area contributed by atoms with Crippen molar-refractivity contribution < 1.29 is 9.16 Å². The summed E-state index contributed by atoms with van der Waals surface area (Å²) in [6.45, 7) is 0. The molecule has 0 saturated heterocycles. The Bertz CT molecular complexity index is 581. The van der Waals surface area contributed by atoms with Crippen molar-refractivity contribution in [3.05, 3.63) is 72.1 Å². The lowest BCUT2D eigenvalue weighted by molar-refractivity contribution is 0.414. The lowest BCUT2D eigenvalue weighted by atomic mass is 10.2. The zero-order chi connectivity index (χ0) is 13.8. The average Bonchev–Trinajstić information content (AvgIpc) is 2.97. The third kappa shape index (κ3) is 2.86. The van der Waals surface area contributed by atoms with Crippen molar-refractivity contribution >= 4 is 22.1 Å². The minimum Gasteiger partial charge on any atom is -0.550 e. The van der Waals surface area contributed by atoms with Crippen molar-refractivity contribution in [2.45, 2.75) is 6.04 Å². The van der Waals surface area contributed by atoms with Crippen LogP contribution in [0.5, 0.6) is 5.75 Å². The molecule has 1 aliphatic rings. The maximum absolute atomic E-state index is 5.92. The Morgan fingerprint density at radius 3 is 2.45 bits per heavy atom. The van der Waals surface area contributed by atoms with Crippen molar-refractivity contribution in [3.63, 3.8) is 0 Å². The summed E-state index contributed by atoms with van der Waals surface area (Å²) in [6.07, 6.45) is 1.92. The van der Waals surface area contributed by atoms with E-state index in [9.17, 15) is 0 Å². The molecule has 2 radical (unpaired) electrons. The van der Waals surface area contributed by atoms with E-state index >= 15 is 0 Å². The molecule has 2 aromatic carbocycles. The first-order chi connectivity index (χ1) is 9.86. The molecule has 3 rings (SSSR count). The molecule has 2 aromatic rings. The lowest BCUT2D eigenvalue weighted by Gasteiger charge is -2.14. The number of benzene rings is 2. The molecule has 0 unspecified atom stereocenters. The number of methoxy groups -OCH3 is 1. The van der Waals surface area contributed by atoms with E-state index in [4.69, 9.17) is 9.16 Å². The largest absolute Gasteiger partial charge is 0.550 e. The van der Waals surface area contributed by atoms with E-state index in [0.717, 1.165) is 11.8 Å². The highest BCUT2D eigenvalue weighted by Gasteiger charge is 2.32. The predicted molar refractivity (Wildman–Crippen MR) is 84.5 cm³/mol. The van der Waals surface area contributed by atoms with Gasteiger partial charge in [0.1, 0.15) is 5.75 Å². The maximum Gasteiger partial charge on any atom is 0.273 e. The zero-order valence-electron chi connectivity index (χ0n) is 11.4. The topological polar surface area (TPSA) is 18.5 Å². The van der Waals surface area contributed by atoms with Crippen LogP contribution in [0.25, 0.3) is 0 Å². The van der Waals surface area contributed by atoms with Crippen molar-refractivity contribution in [1.82, 2.24) is 0 Å². The summed E-state index contributed by atoms with van der Waals surface area (Å²) in [5.74, 6) is 0.907. The normalized spacial score (nSPS) is 15.2. The number of hydrogen-bond donors (Lipinski definition) is 0. The highest BCUT2D eigenvalue weighted by molar-refractivity contribution is 7.28. The third-order valence-electron chi connectivity index (χ3n) is 3.35. The second kappa shape index (κ2) is 6.11. The first kappa shape index (κ1) is 13.2. The maximum atomic E-state index is 5.92. The van der Waals surface area contributed by atoms with E-state index in [0.29, 0.717) is 0 Å². The van der Waals surface area contributed by atoms with Gasteiger partial charge in [0.05, 0.1) is 13.4 Å². The molecular formula is C16H16O2Si2. The molecule has 0 bridgehead atoms.